The molecule has 5 heteroatoms. The van der Waals surface area contributed by atoms with Crippen molar-refractivity contribution < 1.29 is 9.59 Å². The predicted molar refractivity (Wildman–Crippen MR) is 110 cm³/mol. The normalized spacial score (nSPS) is 16.6. The van der Waals surface area contributed by atoms with Crippen LogP contribution in [0.25, 0.3) is 10.9 Å². The zero-order valence-corrected chi connectivity index (χ0v) is 15.9. The summed E-state index contributed by atoms with van der Waals surface area (Å²) in [6.07, 6.45) is 3.42. The Morgan fingerprint density at radius 2 is 1.82 bits per heavy atom. The van der Waals surface area contributed by atoms with Crippen molar-refractivity contribution in [3.63, 3.8) is 0 Å². The standard InChI is InChI=1S/C23H25N3O2/c27-22(17-26-16-20(15-23(26)28)18-7-2-1-3-8-18)24-12-6-13-25-14-11-19-9-4-5-10-21(19)25/h1-5,7-11,14,20H,6,12-13,15-17H2,(H,24,27)/t20-/m0/s1. The van der Waals surface area contributed by atoms with E-state index in [1.54, 1.807) is 4.90 Å². The smallest absolute Gasteiger partial charge is 0.239 e. The van der Waals surface area contributed by atoms with Crippen molar-refractivity contribution in [1.82, 2.24) is 14.8 Å². The Labute approximate surface area is 165 Å². The van der Waals surface area contributed by atoms with Gasteiger partial charge in [0.15, 0.2) is 0 Å². The number of aromatic nitrogens is 1. The number of fused-ring (bicyclic) bond motifs is 1. The maximum atomic E-state index is 12.2. The molecule has 1 aliphatic heterocycles. The molecule has 2 aromatic carbocycles. The second-order valence-corrected chi connectivity index (χ2v) is 7.36. The largest absolute Gasteiger partial charge is 0.354 e. The molecule has 1 aliphatic rings. The highest BCUT2D eigenvalue weighted by Gasteiger charge is 2.31. The van der Waals surface area contributed by atoms with E-state index in [-0.39, 0.29) is 24.3 Å². The molecule has 144 valence electrons. The van der Waals surface area contributed by atoms with Crippen LogP contribution in [-0.2, 0) is 16.1 Å². The molecular weight excluding hydrogens is 350 g/mol. The SMILES string of the molecule is O=C(CN1C[C@@H](c2ccccc2)CC1=O)NCCCn1ccc2ccccc21. The van der Waals surface area contributed by atoms with Gasteiger partial charge in [-0.3, -0.25) is 9.59 Å². The number of amides is 2. The number of hydrogen-bond donors (Lipinski definition) is 1. The summed E-state index contributed by atoms with van der Waals surface area (Å²) in [6, 6.07) is 20.4. The van der Waals surface area contributed by atoms with Crippen LogP contribution in [0.3, 0.4) is 0 Å². The Bertz CT molecular complexity index is 964. The molecule has 2 amide bonds. The van der Waals surface area contributed by atoms with E-state index in [1.807, 2.05) is 42.5 Å². The van der Waals surface area contributed by atoms with Crippen molar-refractivity contribution in [2.24, 2.45) is 0 Å². The van der Waals surface area contributed by atoms with E-state index in [0.29, 0.717) is 19.5 Å². The van der Waals surface area contributed by atoms with E-state index in [0.717, 1.165) is 18.5 Å². The fourth-order valence-electron chi connectivity index (χ4n) is 3.92. The fraction of sp³-hybridized carbons (Fsp3) is 0.304. The van der Waals surface area contributed by atoms with Crippen LogP contribution >= 0.6 is 0 Å². The Morgan fingerprint density at radius 1 is 1.04 bits per heavy atom. The minimum Gasteiger partial charge on any atom is -0.354 e. The Morgan fingerprint density at radius 3 is 2.68 bits per heavy atom. The Balaban J connectivity index is 1.22. The summed E-state index contributed by atoms with van der Waals surface area (Å²) >= 11 is 0. The van der Waals surface area contributed by atoms with Gasteiger partial charge in [-0.1, -0.05) is 48.5 Å². The molecule has 0 bridgehead atoms. The van der Waals surface area contributed by atoms with Gasteiger partial charge in [0.05, 0.1) is 6.54 Å². The highest BCUT2D eigenvalue weighted by Crippen LogP contribution is 2.27. The van der Waals surface area contributed by atoms with Crippen LogP contribution in [0.15, 0.2) is 66.9 Å². The molecule has 2 heterocycles. The topological polar surface area (TPSA) is 54.3 Å². The molecule has 0 saturated carbocycles. The third-order valence-corrected chi connectivity index (χ3v) is 5.40. The second-order valence-electron chi connectivity index (χ2n) is 7.36. The molecule has 5 nitrogen and oxygen atoms in total. The summed E-state index contributed by atoms with van der Waals surface area (Å²) < 4.78 is 2.20. The Hall–Kier alpha value is -3.08. The minimum atomic E-state index is -0.0839. The van der Waals surface area contributed by atoms with Gasteiger partial charge in [0.1, 0.15) is 0 Å². The van der Waals surface area contributed by atoms with Crippen LogP contribution in [-0.4, -0.2) is 40.9 Å². The lowest BCUT2D eigenvalue weighted by Gasteiger charge is -2.16. The van der Waals surface area contributed by atoms with Gasteiger partial charge in [0, 0.05) is 43.7 Å². The van der Waals surface area contributed by atoms with E-state index in [2.05, 4.69) is 34.3 Å². The van der Waals surface area contributed by atoms with Crippen LogP contribution in [0.4, 0.5) is 0 Å². The lowest BCUT2D eigenvalue weighted by atomic mass is 9.99. The average molecular weight is 375 g/mol. The van der Waals surface area contributed by atoms with E-state index >= 15 is 0 Å². The average Bonchev–Trinajstić information content (AvgIpc) is 3.30. The van der Waals surface area contributed by atoms with Gasteiger partial charge in [-0.15, -0.1) is 0 Å². The van der Waals surface area contributed by atoms with Crippen molar-refractivity contribution in [2.45, 2.75) is 25.3 Å². The number of likely N-dealkylation sites (tertiary alicyclic amines) is 1. The van der Waals surface area contributed by atoms with Crippen molar-refractivity contribution in [3.05, 3.63) is 72.4 Å². The molecular formula is C23H25N3O2. The third-order valence-electron chi connectivity index (χ3n) is 5.40. The number of para-hydroxylation sites is 1. The molecule has 4 rings (SSSR count). The van der Waals surface area contributed by atoms with Crippen LogP contribution in [0.1, 0.15) is 24.3 Å². The van der Waals surface area contributed by atoms with E-state index in [9.17, 15) is 9.59 Å². The Kier molecular flexibility index (Phi) is 5.42. The summed E-state index contributed by atoms with van der Waals surface area (Å²) in [7, 11) is 0. The lowest BCUT2D eigenvalue weighted by molar-refractivity contribution is -0.133. The number of benzene rings is 2. The maximum absolute atomic E-state index is 12.2. The fourth-order valence-corrected chi connectivity index (χ4v) is 3.92. The molecule has 0 aliphatic carbocycles. The molecule has 1 fully saturated rings. The first-order valence-corrected chi connectivity index (χ1v) is 9.84. The molecule has 3 aromatic rings. The molecule has 28 heavy (non-hydrogen) atoms. The van der Waals surface area contributed by atoms with Crippen molar-refractivity contribution >= 4 is 22.7 Å². The molecule has 0 radical (unpaired) electrons. The highest BCUT2D eigenvalue weighted by molar-refractivity contribution is 5.86. The van der Waals surface area contributed by atoms with Gasteiger partial charge in [-0.05, 0) is 29.5 Å². The predicted octanol–water partition coefficient (Wildman–Crippen LogP) is 3.16. The van der Waals surface area contributed by atoms with Crippen molar-refractivity contribution in [2.75, 3.05) is 19.6 Å². The maximum Gasteiger partial charge on any atom is 0.239 e. The van der Waals surface area contributed by atoms with Gasteiger partial charge in [0.2, 0.25) is 11.8 Å². The highest BCUT2D eigenvalue weighted by atomic mass is 16.2. The van der Waals surface area contributed by atoms with Crippen LogP contribution in [0.5, 0.6) is 0 Å². The first kappa shape index (κ1) is 18.3. The van der Waals surface area contributed by atoms with Gasteiger partial charge >= 0.3 is 0 Å². The first-order chi connectivity index (χ1) is 13.7. The number of rotatable bonds is 7. The van der Waals surface area contributed by atoms with Crippen molar-refractivity contribution in [3.8, 4) is 0 Å². The zero-order valence-electron chi connectivity index (χ0n) is 15.9. The number of nitrogens with one attached hydrogen (secondary N) is 1. The number of nitrogens with zero attached hydrogens (tertiary/aromatic N) is 2. The van der Waals surface area contributed by atoms with Gasteiger partial charge in [-0.2, -0.15) is 0 Å². The number of carbonyl (C=O) groups is 2. The van der Waals surface area contributed by atoms with Gasteiger partial charge in [-0.25, -0.2) is 0 Å². The molecule has 1 aromatic heterocycles. The van der Waals surface area contributed by atoms with Crippen LogP contribution < -0.4 is 5.32 Å². The number of aryl methyl sites for hydroxylation is 1. The summed E-state index contributed by atoms with van der Waals surface area (Å²) in [5.74, 6) is 0.158. The molecule has 1 saturated heterocycles. The van der Waals surface area contributed by atoms with Gasteiger partial charge in [0.25, 0.3) is 0 Å². The summed E-state index contributed by atoms with van der Waals surface area (Å²) in [6.45, 7) is 2.22. The van der Waals surface area contributed by atoms with Gasteiger partial charge < -0.3 is 14.8 Å². The monoisotopic (exact) mass is 375 g/mol. The molecule has 1 atom stereocenters. The minimum absolute atomic E-state index is 0.0582. The van der Waals surface area contributed by atoms with E-state index in [1.165, 1.54) is 10.9 Å². The van der Waals surface area contributed by atoms with Crippen LogP contribution in [0, 0.1) is 0 Å². The van der Waals surface area contributed by atoms with E-state index < -0.39 is 0 Å². The number of hydrogen-bond acceptors (Lipinski definition) is 2. The molecule has 1 N–H and O–H groups in total. The van der Waals surface area contributed by atoms with Crippen molar-refractivity contribution in [1.29, 1.82) is 0 Å². The lowest BCUT2D eigenvalue weighted by Crippen LogP contribution is -2.38. The number of carbonyl (C=O) groups excluding carboxylic acids is 2. The first-order valence-electron chi connectivity index (χ1n) is 9.84. The summed E-state index contributed by atoms with van der Waals surface area (Å²) in [5, 5.41) is 4.18. The van der Waals surface area contributed by atoms with Crippen LogP contribution in [0.2, 0.25) is 0 Å². The molecule has 0 spiro atoms. The second kappa shape index (κ2) is 8.30. The third kappa shape index (κ3) is 4.09. The zero-order chi connectivity index (χ0) is 19.3. The molecule has 0 unspecified atom stereocenters. The summed E-state index contributed by atoms with van der Waals surface area (Å²) in [4.78, 5) is 26.2. The summed E-state index contributed by atoms with van der Waals surface area (Å²) in [5.41, 5.74) is 2.38. The van der Waals surface area contributed by atoms with E-state index in [4.69, 9.17) is 0 Å². The quantitative estimate of drug-likeness (QED) is 0.645.